The molecule has 0 aliphatic rings. The Labute approximate surface area is 102 Å². The van der Waals surface area contributed by atoms with E-state index in [1.807, 2.05) is 0 Å². The predicted molar refractivity (Wildman–Crippen MR) is 70.4 cm³/mol. The Balaban J connectivity index is 2.51. The molecule has 0 bridgehead atoms. The van der Waals surface area contributed by atoms with Gasteiger partial charge in [0, 0.05) is 6.54 Å². The largest absolute Gasteiger partial charge is 0.478 e. The second-order valence-corrected chi connectivity index (χ2v) is 4.09. The molecule has 0 aliphatic heterocycles. The minimum atomic E-state index is -0.931. The Morgan fingerprint density at radius 1 is 1.35 bits per heavy atom. The summed E-state index contributed by atoms with van der Waals surface area (Å²) in [5, 5.41) is 12.1. The molecule has 4 N–H and O–H groups in total. The summed E-state index contributed by atoms with van der Waals surface area (Å²) in [6, 6.07) is 4.72. The molecule has 17 heavy (non-hydrogen) atoms. The van der Waals surface area contributed by atoms with Crippen molar-refractivity contribution in [3.8, 4) is 0 Å². The normalized spacial score (nSPS) is 10.2. The van der Waals surface area contributed by atoms with Gasteiger partial charge in [0.2, 0.25) is 0 Å². The molecule has 0 aliphatic carbocycles. The summed E-state index contributed by atoms with van der Waals surface area (Å²) in [4.78, 5) is 10.8. The summed E-state index contributed by atoms with van der Waals surface area (Å²) < 4.78 is 0. The van der Waals surface area contributed by atoms with Gasteiger partial charge in [0.05, 0.1) is 16.9 Å². The maximum absolute atomic E-state index is 10.8. The first-order chi connectivity index (χ1) is 8.15. The third kappa shape index (κ3) is 4.34. The van der Waals surface area contributed by atoms with Crippen LogP contribution in [0, 0.1) is 0 Å². The second-order valence-electron chi connectivity index (χ2n) is 4.09. The number of hydrogen-bond donors (Lipinski definition) is 3. The average molecular weight is 236 g/mol. The maximum Gasteiger partial charge on any atom is 0.335 e. The fraction of sp³-hybridized carbons (Fsp3) is 0.462. The molecule has 0 radical (unpaired) electrons. The second kappa shape index (κ2) is 6.78. The van der Waals surface area contributed by atoms with E-state index in [-0.39, 0.29) is 5.56 Å². The molecule has 0 saturated carbocycles. The third-order valence-corrected chi connectivity index (χ3v) is 2.65. The van der Waals surface area contributed by atoms with Crippen molar-refractivity contribution in [2.24, 2.45) is 0 Å². The van der Waals surface area contributed by atoms with Crippen molar-refractivity contribution in [3.63, 3.8) is 0 Å². The lowest BCUT2D eigenvalue weighted by Crippen LogP contribution is -2.06. The number of nitrogen functional groups attached to an aromatic ring is 1. The van der Waals surface area contributed by atoms with Gasteiger partial charge in [0.25, 0.3) is 0 Å². The van der Waals surface area contributed by atoms with E-state index in [1.165, 1.54) is 25.3 Å². The summed E-state index contributed by atoms with van der Waals surface area (Å²) in [6.07, 6.45) is 4.69. The SMILES string of the molecule is CCCCCCNc1cc(C(=O)O)ccc1N. The molecule has 94 valence electrons. The van der Waals surface area contributed by atoms with Gasteiger partial charge in [-0.1, -0.05) is 26.2 Å². The molecule has 0 unspecified atom stereocenters. The Morgan fingerprint density at radius 2 is 2.12 bits per heavy atom. The summed E-state index contributed by atoms with van der Waals surface area (Å²) in [5.41, 5.74) is 7.33. The number of benzene rings is 1. The zero-order chi connectivity index (χ0) is 12.7. The van der Waals surface area contributed by atoms with Crippen LogP contribution in [0.25, 0.3) is 0 Å². The van der Waals surface area contributed by atoms with Gasteiger partial charge in [-0.2, -0.15) is 0 Å². The number of unbranched alkanes of at least 4 members (excludes halogenated alkanes) is 3. The summed E-state index contributed by atoms with van der Waals surface area (Å²) >= 11 is 0. The van der Waals surface area contributed by atoms with Gasteiger partial charge in [0.1, 0.15) is 0 Å². The molecular weight excluding hydrogens is 216 g/mol. The molecule has 0 fully saturated rings. The zero-order valence-corrected chi connectivity index (χ0v) is 10.2. The summed E-state index contributed by atoms with van der Waals surface area (Å²) in [5.74, 6) is -0.931. The number of nitrogens with two attached hydrogens (primary N) is 1. The van der Waals surface area contributed by atoms with E-state index in [0.717, 1.165) is 13.0 Å². The molecule has 1 aromatic rings. The Bertz CT molecular complexity index is 378. The van der Waals surface area contributed by atoms with Crippen LogP contribution in [-0.2, 0) is 0 Å². The van der Waals surface area contributed by atoms with Gasteiger partial charge < -0.3 is 16.2 Å². The monoisotopic (exact) mass is 236 g/mol. The first kappa shape index (κ1) is 13.4. The number of carboxylic acid groups (broad SMARTS) is 1. The quantitative estimate of drug-likeness (QED) is 0.502. The molecule has 0 heterocycles. The zero-order valence-electron chi connectivity index (χ0n) is 10.2. The smallest absolute Gasteiger partial charge is 0.335 e. The van der Waals surface area contributed by atoms with Gasteiger partial charge in [-0.3, -0.25) is 0 Å². The number of carboxylic acids is 1. The van der Waals surface area contributed by atoms with Crippen molar-refractivity contribution in [2.75, 3.05) is 17.6 Å². The van der Waals surface area contributed by atoms with E-state index < -0.39 is 5.97 Å². The van der Waals surface area contributed by atoms with Gasteiger partial charge in [-0.15, -0.1) is 0 Å². The molecule has 4 nitrogen and oxygen atoms in total. The molecular formula is C13H20N2O2. The standard InChI is InChI=1S/C13H20N2O2/c1-2-3-4-5-8-15-12-9-10(13(16)17)6-7-11(12)14/h6-7,9,15H,2-5,8,14H2,1H3,(H,16,17). The fourth-order valence-electron chi connectivity index (χ4n) is 1.62. The topological polar surface area (TPSA) is 75.3 Å². The van der Waals surface area contributed by atoms with Crippen LogP contribution in [0.5, 0.6) is 0 Å². The summed E-state index contributed by atoms with van der Waals surface area (Å²) in [6.45, 7) is 3.00. The van der Waals surface area contributed by atoms with Crippen LogP contribution in [0.15, 0.2) is 18.2 Å². The Hall–Kier alpha value is -1.71. The van der Waals surface area contributed by atoms with E-state index in [0.29, 0.717) is 11.4 Å². The molecule has 4 heteroatoms. The van der Waals surface area contributed by atoms with Gasteiger partial charge >= 0.3 is 5.97 Å². The van der Waals surface area contributed by atoms with Crippen molar-refractivity contribution in [3.05, 3.63) is 23.8 Å². The Kier molecular flexibility index (Phi) is 5.33. The van der Waals surface area contributed by atoms with Crippen LogP contribution in [0.3, 0.4) is 0 Å². The molecule has 0 atom stereocenters. The lowest BCUT2D eigenvalue weighted by molar-refractivity contribution is 0.0697. The maximum atomic E-state index is 10.8. The van der Waals surface area contributed by atoms with Gasteiger partial charge in [-0.05, 0) is 24.6 Å². The lowest BCUT2D eigenvalue weighted by atomic mass is 10.1. The lowest BCUT2D eigenvalue weighted by Gasteiger charge is -2.09. The van der Waals surface area contributed by atoms with Gasteiger partial charge in [-0.25, -0.2) is 4.79 Å². The first-order valence-corrected chi connectivity index (χ1v) is 6.02. The molecule has 1 aromatic carbocycles. The molecule has 0 spiro atoms. The van der Waals surface area contributed by atoms with Gasteiger partial charge in [0.15, 0.2) is 0 Å². The summed E-state index contributed by atoms with van der Waals surface area (Å²) in [7, 11) is 0. The van der Waals surface area contributed by atoms with Crippen LogP contribution >= 0.6 is 0 Å². The number of hydrogen-bond acceptors (Lipinski definition) is 3. The van der Waals surface area contributed by atoms with Crippen molar-refractivity contribution < 1.29 is 9.90 Å². The molecule has 0 amide bonds. The van der Waals surface area contributed by atoms with Crippen LogP contribution < -0.4 is 11.1 Å². The van der Waals surface area contributed by atoms with E-state index in [2.05, 4.69) is 12.2 Å². The first-order valence-electron chi connectivity index (χ1n) is 6.02. The van der Waals surface area contributed by atoms with E-state index in [9.17, 15) is 4.79 Å². The number of aromatic carboxylic acids is 1. The van der Waals surface area contributed by atoms with Crippen LogP contribution in [0.2, 0.25) is 0 Å². The van der Waals surface area contributed by atoms with E-state index >= 15 is 0 Å². The Morgan fingerprint density at radius 3 is 2.76 bits per heavy atom. The number of rotatable bonds is 7. The van der Waals surface area contributed by atoms with Crippen molar-refractivity contribution in [1.82, 2.24) is 0 Å². The molecule has 1 rings (SSSR count). The highest BCUT2D eigenvalue weighted by atomic mass is 16.4. The van der Waals surface area contributed by atoms with E-state index in [1.54, 1.807) is 12.1 Å². The minimum Gasteiger partial charge on any atom is -0.478 e. The van der Waals surface area contributed by atoms with Crippen LogP contribution in [0.4, 0.5) is 11.4 Å². The third-order valence-electron chi connectivity index (χ3n) is 2.65. The number of anilines is 2. The highest BCUT2D eigenvalue weighted by Gasteiger charge is 2.05. The fourth-order valence-corrected chi connectivity index (χ4v) is 1.62. The van der Waals surface area contributed by atoms with E-state index in [4.69, 9.17) is 10.8 Å². The number of carbonyl (C=O) groups is 1. The minimum absolute atomic E-state index is 0.259. The average Bonchev–Trinajstić information content (AvgIpc) is 2.30. The number of nitrogens with one attached hydrogen (secondary N) is 1. The molecule has 0 aromatic heterocycles. The van der Waals surface area contributed by atoms with Crippen LogP contribution in [0.1, 0.15) is 43.0 Å². The highest BCUT2D eigenvalue weighted by Crippen LogP contribution is 2.20. The highest BCUT2D eigenvalue weighted by molar-refractivity contribution is 5.90. The molecule has 0 saturated heterocycles. The van der Waals surface area contributed by atoms with Crippen molar-refractivity contribution in [2.45, 2.75) is 32.6 Å². The van der Waals surface area contributed by atoms with Crippen molar-refractivity contribution in [1.29, 1.82) is 0 Å². The van der Waals surface area contributed by atoms with Crippen molar-refractivity contribution >= 4 is 17.3 Å². The predicted octanol–water partition coefficient (Wildman–Crippen LogP) is 2.96. The van der Waals surface area contributed by atoms with Crippen LogP contribution in [-0.4, -0.2) is 17.6 Å².